The van der Waals surface area contributed by atoms with E-state index in [0.29, 0.717) is 28.3 Å². The van der Waals surface area contributed by atoms with Gasteiger partial charge in [-0.25, -0.2) is 4.79 Å². The molecule has 1 heterocycles. The number of benzene rings is 2. The molecule has 26 heavy (non-hydrogen) atoms. The molecule has 0 fully saturated rings. The van der Waals surface area contributed by atoms with Gasteiger partial charge in [0.15, 0.2) is 11.5 Å². The number of carbonyl (C=O) groups is 1. The highest BCUT2D eigenvalue weighted by atomic mass is 16.5. The summed E-state index contributed by atoms with van der Waals surface area (Å²) in [6.07, 6.45) is 0. The van der Waals surface area contributed by atoms with E-state index in [9.17, 15) is 9.59 Å². The average Bonchev–Trinajstić information content (AvgIpc) is 2.62. The van der Waals surface area contributed by atoms with Crippen molar-refractivity contribution in [1.29, 1.82) is 0 Å². The lowest BCUT2D eigenvalue weighted by molar-refractivity contribution is 0.102. The summed E-state index contributed by atoms with van der Waals surface area (Å²) < 4.78 is 15.7. The van der Waals surface area contributed by atoms with Crippen molar-refractivity contribution in [2.24, 2.45) is 0 Å². The summed E-state index contributed by atoms with van der Waals surface area (Å²) >= 11 is 0. The fraction of sp³-hybridized carbons (Fsp3) is 0.200. The van der Waals surface area contributed by atoms with Crippen molar-refractivity contribution in [1.82, 2.24) is 0 Å². The molecule has 1 aromatic heterocycles. The fourth-order valence-corrected chi connectivity index (χ4v) is 2.77. The molecule has 0 atom stereocenters. The molecular weight excluding hydrogens is 334 g/mol. The number of carbonyl (C=O) groups excluding carboxylic acids is 1. The van der Waals surface area contributed by atoms with Crippen molar-refractivity contribution in [2.75, 3.05) is 19.5 Å². The van der Waals surface area contributed by atoms with Gasteiger partial charge in [0.25, 0.3) is 5.91 Å². The molecule has 0 bridgehead atoms. The van der Waals surface area contributed by atoms with Gasteiger partial charge in [-0.2, -0.15) is 0 Å². The highest BCUT2D eigenvalue weighted by molar-refractivity contribution is 6.06. The van der Waals surface area contributed by atoms with Gasteiger partial charge in [0, 0.05) is 22.7 Å². The minimum atomic E-state index is -0.392. The largest absolute Gasteiger partial charge is 0.493 e. The van der Waals surface area contributed by atoms with Crippen LogP contribution in [-0.4, -0.2) is 20.1 Å². The Labute approximate surface area is 150 Å². The third kappa shape index (κ3) is 3.26. The zero-order valence-corrected chi connectivity index (χ0v) is 15.0. The Morgan fingerprint density at radius 1 is 0.962 bits per heavy atom. The van der Waals surface area contributed by atoms with Gasteiger partial charge in [-0.05, 0) is 55.3 Å². The van der Waals surface area contributed by atoms with Gasteiger partial charge < -0.3 is 19.2 Å². The Morgan fingerprint density at radius 2 is 1.69 bits per heavy atom. The number of hydrogen-bond acceptors (Lipinski definition) is 5. The van der Waals surface area contributed by atoms with E-state index in [1.807, 2.05) is 19.9 Å². The van der Waals surface area contributed by atoms with Gasteiger partial charge in [0.1, 0.15) is 5.58 Å². The summed E-state index contributed by atoms with van der Waals surface area (Å²) in [5.74, 6) is 0.757. The van der Waals surface area contributed by atoms with Crippen LogP contribution in [0.4, 0.5) is 5.69 Å². The Balaban J connectivity index is 1.97. The molecule has 0 spiro atoms. The molecule has 3 aromatic rings. The van der Waals surface area contributed by atoms with Gasteiger partial charge in [-0.15, -0.1) is 0 Å². The Hall–Kier alpha value is -3.28. The molecule has 0 aliphatic carbocycles. The van der Waals surface area contributed by atoms with Crippen LogP contribution in [0.3, 0.4) is 0 Å². The summed E-state index contributed by atoms with van der Waals surface area (Å²) in [5.41, 5.74) is 2.78. The van der Waals surface area contributed by atoms with Gasteiger partial charge in [-0.3, -0.25) is 4.79 Å². The van der Waals surface area contributed by atoms with Gasteiger partial charge in [-0.1, -0.05) is 0 Å². The van der Waals surface area contributed by atoms with E-state index < -0.39 is 5.63 Å². The summed E-state index contributed by atoms with van der Waals surface area (Å²) in [6.45, 7) is 3.67. The van der Waals surface area contributed by atoms with E-state index in [-0.39, 0.29) is 5.91 Å². The number of anilines is 1. The minimum absolute atomic E-state index is 0.275. The van der Waals surface area contributed by atoms with Crippen molar-refractivity contribution in [2.45, 2.75) is 13.8 Å². The number of ether oxygens (including phenoxy) is 2. The van der Waals surface area contributed by atoms with Crippen LogP contribution >= 0.6 is 0 Å². The average molecular weight is 353 g/mol. The number of fused-ring (bicyclic) bond motifs is 1. The molecule has 0 unspecified atom stereocenters. The molecule has 6 heteroatoms. The molecule has 0 radical (unpaired) electrons. The Kier molecular flexibility index (Phi) is 4.67. The van der Waals surface area contributed by atoms with E-state index in [2.05, 4.69) is 5.32 Å². The SMILES string of the molecule is COc1ccc(C(=O)Nc2cc3c(C)cc(=O)oc3cc2C)cc1OC. The van der Waals surface area contributed by atoms with Gasteiger partial charge in [0.2, 0.25) is 0 Å². The first-order valence-corrected chi connectivity index (χ1v) is 8.01. The normalized spacial score (nSPS) is 10.6. The van der Waals surface area contributed by atoms with E-state index in [4.69, 9.17) is 13.9 Å². The van der Waals surface area contributed by atoms with Crippen LogP contribution in [0.5, 0.6) is 11.5 Å². The van der Waals surface area contributed by atoms with Crippen molar-refractivity contribution < 1.29 is 18.7 Å². The number of methoxy groups -OCH3 is 2. The first-order chi connectivity index (χ1) is 12.4. The van der Waals surface area contributed by atoms with Crippen molar-refractivity contribution in [3.05, 3.63) is 63.5 Å². The third-order valence-corrected chi connectivity index (χ3v) is 4.19. The predicted octanol–water partition coefficient (Wildman–Crippen LogP) is 3.68. The molecule has 0 saturated carbocycles. The number of aryl methyl sites for hydroxylation is 2. The summed E-state index contributed by atoms with van der Waals surface area (Å²) in [4.78, 5) is 24.1. The second kappa shape index (κ2) is 6.92. The highest BCUT2D eigenvalue weighted by Crippen LogP contribution is 2.29. The molecule has 1 amide bonds. The Bertz CT molecular complexity index is 1050. The van der Waals surface area contributed by atoms with Gasteiger partial charge in [0.05, 0.1) is 14.2 Å². The summed E-state index contributed by atoms with van der Waals surface area (Å²) in [6, 6.07) is 9.94. The Morgan fingerprint density at radius 3 is 2.38 bits per heavy atom. The molecule has 0 aliphatic rings. The lowest BCUT2D eigenvalue weighted by Crippen LogP contribution is -2.13. The van der Waals surface area contributed by atoms with E-state index in [1.54, 1.807) is 24.3 Å². The fourth-order valence-electron chi connectivity index (χ4n) is 2.77. The molecule has 6 nitrogen and oxygen atoms in total. The van der Waals surface area contributed by atoms with Crippen molar-refractivity contribution in [3.8, 4) is 11.5 Å². The van der Waals surface area contributed by atoms with E-state index in [1.165, 1.54) is 20.3 Å². The minimum Gasteiger partial charge on any atom is -0.493 e. The van der Waals surface area contributed by atoms with Crippen molar-refractivity contribution >= 4 is 22.6 Å². The smallest absolute Gasteiger partial charge is 0.336 e. The third-order valence-electron chi connectivity index (χ3n) is 4.19. The maximum Gasteiger partial charge on any atom is 0.336 e. The topological polar surface area (TPSA) is 77.8 Å². The second-order valence-corrected chi connectivity index (χ2v) is 5.94. The number of rotatable bonds is 4. The molecule has 2 aromatic carbocycles. The highest BCUT2D eigenvalue weighted by Gasteiger charge is 2.13. The van der Waals surface area contributed by atoms with E-state index >= 15 is 0 Å². The van der Waals surface area contributed by atoms with Crippen LogP contribution in [0.1, 0.15) is 21.5 Å². The number of nitrogens with one attached hydrogen (secondary N) is 1. The predicted molar refractivity (Wildman–Crippen MR) is 99.5 cm³/mol. The molecule has 3 rings (SSSR count). The molecule has 0 saturated heterocycles. The molecule has 1 N–H and O–H groups in total. The van der Waals surface area contributed by atoms with Crippen LogP contribution in [0.15, 0.2) is 45.6 Å². The lowest BCUT2D eigenvalue weighted by Gasteiger charge is -2.12. The number of hydrogen-bond donors (Lipinski definition) is 1. The standard InChI is InChI=1S/C20H19NO5/c1-11-8-19(22)26-17-7-12(2)15(10-14(11)17)21-20(23)13-5-6-16(24-3)18(9-13)25-4/h5-10H,1-4H3,(H,21,23). The summed E-state index contributed by atoms with van der Waals surface area (Å²) in [7, 11) is 3.06. The zero-order valence-electron chi connectivity index (χ0n) is 15.0. The monoisotopic (exact) mass is 353 g/mol. The van der Waals surface area contributed by atoms with Crippen LogP contribution in [0, 0.1) is 13.8 Å². The lowest BCUT2D eigenvalue weighted by atomic mass is 10.1. The van der Waals surface area contributed by atoms with Crippen LogP contribution in [0.25, 0.3) is 11.0 Å². The maximum absolute atomic E-state index is 12.6. The quantitative estimate of drug-likeness (QED) is 0.724. The molecule has 134 valence electrons. The second-order valence-electron chi connectivity index (χ2n) is 5.94. The first kappa shape index (κ1) is 17.5. The van der Waals surface area contributed by atoms with Crippen LogP contribution in [0.2, 0.25) is 0 Å². The maximum atomic E-state index is 12.6. The van der Waals surface area contributed by atoms with Crippen LogP contribution in [-0.2, 0) is 0 Å². The zero-order chi connectivity index (χ0) is 18.8. The van der Waals surface area contributed by atoms with Crippen LogP contribution < -0.4 is 20.4 Å². The molecule has 0 aliphatic heterocycles. The number of amides is 1. The van der Waals surface area contributed by atoms with Gasteiger partial charge >= 0.3 is 5.63 Å². The molecular formula is C20H19NO5. The van der Waals surface area contributed by atoms with E-state index in [0.717, 1.165) is 16.5 Å². The summed E-state index contributed by atoms with van der Waals surface area (Å²) in [5, 5.41) is 3.67. The first-order valence-electron chi connectivity index (χ1n) is 8.01. The van der Waals surface area contributed by atoms with Crippen molar-refractivity contribution in [3.63, 3.8) is 0 Å².